The van der Waals surface area contributed by atoms with Crippen molar-refractivity contribution in [3.63, 3.8) is 0 Å². The third kappa shape index (κ3) is 1.30. The number of Topliss-reactive ketones (excluding diaryl/α,β-unsaturated/α-hetero) is 1. The molecule has 0 aliphatic heterocycles. The molecule has 1 aliphatic carbocycles. The van der Waals surface area contributed by atoms with Crippen LogP contribution in [-0.4, -0.2) is 10.9 Å². The maximum Gasteiger partial charge on any atom is 0.199 e. The van der Waals surface area contributed by atoms with Crippen LogP contribution in [0.1, 0.15) is 29.3 Å². The molecule has 18 heavy (non-hydrogen) atoms. The first-order chi connectivity index (χ1) is 8.68. The van der Waals surface area contributed by atoms with Crippen molar-refractivity contribution in [1.82, 2.24) is 0 Å². The van der Waals surface area contributed by atoms with Crippen molar-refractivity contribution >= 4 is 5.78 Å². The Kier molecular flexibility index (Phi) is 2.35. The van der Waals surface area contributed by atoms with Gasteiger partial charge in [-0.2, -0.15) is 0 Å². The summed E-state index contributed by atoms with van der Waals surface area (Å²) in [4.78, 5) is 12.5. The molecule has 1 aliphatic rings. The van der Waals surface area contributed by atoms with E-state index in [4.69, 9.17) is 0 Å². The Balaban J connectivity index is 2.39. The van der Waals surface area contributed by atoms with E-state index in [1.54, 1.807) is 6.07 Å². The van der Waals surface area contributed by atoms with Gasteiger partial charge in [-0.05, 0) is 23.1 Å². The molecule has 2 heteroatoms. The molecule has 0 amide bonds. The minimum absolute atomic E-state index is 0.195. The standard InChI is InChI=1S/C16H14O2/c1-2-16(18)14-10-6-5-8-12(14)11-7-3-4-9-13(11)15(16)17/h3-10,18H,2H2,1H3/t16-/m0/s1. The topological polar surface area (TPSA) is 37.3 Å². The average Bonchev–Trinajstić information content (AvgIpc) is 2.45. The van der Waals surface area contributed by atoms with E-state index in [0.29, 0.717) is 12.0 Å². The molecule has 0 saturated carbocycles. The van der Waals surface area contributed by atoms with Crippen LogP contribution in [0.3, 0.4) is 0 Å². The van der Waals surface area contributed by atoms with Gasteiger partial charge < -0.3 is 5.11 Å². The first kappa shape index (κ1) is 11.2. The van der Waals surface area contributed by atoms with E-state index >= 15 is 0 Å². The van der Waals surface area contributed by atoms with E-state index < -0.39 is 5.60 Å². The Morgan fingerprint density at radius 3 is 2.17 bits per heavy atom. The summed E-state index contributed by atoms with van der Waals surface area (Å²) in [6.07, 6.45) is 0.386. The highest BCUT2D eigenvalue weighted by Crippen LogP contribution is 2.43. The van der Waals surface area contributed by atoms with Gasteiger partial charge in [0.2, 0.25) is 0 Å². The molecule has 0 spiro atoms. The lowest BCUT2D eigenvalue weighted by Crippen LogP contribution is -2.38. The van der Waals surface area contributed by atoms with Crippen molar-refractivity contribution in [2.24, 2.45) is 0 Å². The van der Waals surface area contributed by atoms with Crippen molar-refractivity contribution in [2.45, 2.75) is 18.9 Å². The van der Waals surface area contributed by atoms with Gasteiger partial charge >= 0.3 is 0 Å². The van der Waals surface area contributed by atoms with Gasteiger partial charge in [0.25, 0.3) is 0 Å². The second-order valence-corrected chi connectivity index (χ2v) is 4.63. The highest BCUT2D eigenvalue weighted by Gasteiger charge is 2.42. The molecule has 0 radical (unpaired) electrons. The van der Waals surface area contributed by atoms with E-state index in [0.717, 1.165) is 16.7 Å². The van der Waals surface area contributed by atoms with Crippen molar-refractivity contribution in [3.8, 4) is 11.1 Å². The van der Waals surface area contributed by atoms with Crippen LogP contribution < -0.4 is 0 Å². The first-order valence-electron chi connectivity index (χ1n) is 6.14. The minimum Gasteiger partial charge on any atom is -0.377 e. The van der Waals surface area contributed by atoms with E-state index in [1.165, 1.54) is 0 Å². The maximum atomic E-state index is 12.5. The van der Waals surface area contributed by atoms with Crippen LogP contribution in [0.15, 0.2) is 48.5 Å². The molecule has 2 nitrogen and oxygen atoms in total. The summed E-state index contributed by atoms with van der Waals surface area (Å²) < 4.78 is 0. The van der Waals surface area contributed by atoms with Gasteiger partial charge in [0, 0.05) is 5.56 Å². The summed E-state index contributed by atoms with van der Waals surface area (Å²) in [5.41, 5.74) is 1.82. The highest BCUT2D eigenvalue weighted by atomic mass is 16.3. The summed E-state index contributed by atoms with van der Waals surface area (Å²) in [5, 5.41) is 10.7. The van der Waals surface area contributed by atoms with Crippen molar-refractivity contribution in [3.05, 3.63) is 59.7 Å². The molecule has 0 aromatic heterocycles. The Hall–Kier alpha value is -1.93. The number of carbonyl (C=O) groups is 1. The number of hydrogen-bond acceptors (Lipinski definition) is 2. The van der Waals surface area contributed by atoms with Crippen LogP contribution in [0.4, 0.5) is 0 Å². The molecule has 0 heterocycles. The smallest absolute Gasteiger partial charge is 0.199 e. The minimum atomic E-state index is -1.38. The molecule has 3 rings (SSSR count). The summed E-state index contributed by atoms with van der Waals surface area (Å²) in [6.45, 7) is 1.84. The van der Waals surface area contributed by atoms with Crippen LogP contribution >= 0.6 is 0 Å². The lowest BCUT2D eigenvalue weighted by molar-refractivity contribution is 0.0272. The third-order valence-corrected chi connectivity index (χ3v) is 3.72. The lowest BCUT2D eigenvalue weighted by Gasteiger charge is -2.33. The summed E-state index contributed by atoms with van der Waals surface area (Å²) in [5.74, 6) is -0.195. The Morgan fingerprint density at radius 1 is 0.944 bits per heavy atom. The fraction of sp³-hybridized carbons (Fsp3) is 0.188. The maximum absolute atomic E-state index is 12.5. The van der Waals surface area contributed by atoms with E-state index in [2.05, 4.69) is 0 Å². The average molecular weight is 238 g/mol. The Bertz CT molecular complexity index is 630. The van der Waals surface area contributed by atoms with E-state index in [1.807, 2.05) is 49.4 Å². The van der Waals surface area contributed by atoms with Crippen molar-refractivity contribution in [2.75, 3.05) is 0 Å². The molecule has 1 N–H and O–H groups in total. The molecule has 0 fully saturated rings. The first-order valence-corrected chi connectivity index (χ1v) is 6.14. The zero-order valence-corrected chi connectivity index (χ0v) is 10.2. The second kappa shape index (κ2) is 3.79. The van der Waals surface area contributed by atoms with Gasteiger partial charge in [-0.3, -0.25) is 4.79 Å². The zero-order valence-electron chi connectivity index (χ0n) is 10.2. The predicted octanol–water partition coefficient (Wildman–Crippen LogP) is 3.15. The molecule has 2 aromatic carbocycles. The molecule has 0 unspecified atom stereocenters. The van der Waals surface area contributed by atoms with E-state index in [9.17, 15) is 9.90 Å². The summed E-state index contributed by atoms with van der Waals surface area (Å²) >= 11 is 0. The Labute approximate surface area is 106 Å². The van der Waals surface area contributed by atoms with Gasteiger partial charge in [-0.15, -0.1) is 0 Å². The monoisotopic (exact) mass is 238 g/mol. The highest BCUT2D eigenvalue weighted by molar-refractivity contribution is 6.11. The fourth-order valence-corrected chi connectivity index (χ4v) is 2.69. The van der Waals surface area contributed by atoms with Crippen LogP contribution in [0.2, 0.25) is 0 Å². The summed E-state index contributed by atoms with van der Waals surface area (Å²) in [7, 11) is 0. The molecule has 1 atom stereocenters. The number of hydrogen-bond donors (Lipinski definition) is 1. The molecule has 90 valence electrons. The van der Waals surface area contributed by atoms with Crippen molar-refractivity contribution in [1.29, 1.82) is 0 Å². The van der Waals surface area contributed by atoms with Gasteiger partial charge in [0.15, 0.2) is 11.4 Å². The van der Waals surface area contributed by atoms with Crippen LogP contribution in [0, 0.1) is 0 Å². The summed E-state index contributed by atoms with van der Waals surface area (Å²) in [6, 6.07) is 15.1. The SMILES string of the molecule is CC[C@@]1(O)C(=O)c2ccccc2-c2ccccc21. The molecular weight excluding hydrogens is 224 g/mol. The predicted molar refractivity (Wildman–Crippen MR) is 70.4 cm³/mol. The third-order valence-electron chi connectivity index (χ3n) is 3.72. The molecule has 2 aromatic rings. The number of fused-ring (bicyclic) bond motifs is 3. The van der Waals surface area contributed by atoms with Crippen LogP contribution in [0.25, 0.3) is 11.1 Å². The normalized spacial score (nSPS) is 21.3. The largest absolute Gasteiger partial charge is 0.377 e. The number of aliphatic hydroxyl groups is 1. The van der Waals surface area contributed by atoms with Crippen LogP contribution in [0.5, 0.6) is 0 Å². The van der Waals surface area contributed by atoms with Gasteiger partial charge in [-0.25, -0.2) is 0 Å². The van der Waals surface area contributed by atoms with E-state index in [-0.39, 0.29) is 5.78 Å². The van der Waals surface area contributed by atoms with Gasteiger partial charge in [0.1, 0.15) is 0 Å². The van der Waals surface area contributed by atoms with Gasteiger partial charge in [0.05, 0.1) is 0 Å². The lowest BCUT2D eigenvalue weighted by atomic mass is 9.73. The van der Waals surface area contributed by atoms with Gasteiger partial charge in [-0.1, -0.05) is 55.5 Å². The van der Waals surface area contributed by atoms with Crippen LogP contribution in [-0.2, 0) is 5.60 Å². The number of carbonyl (C=O) groups excluding carboxylic acids is 1. The second-order valence-electron chi connectivity index (χ2n) is 4.63. The molecule has 0 bridgehead atoms. The number of rotatable bonds is 1. The fourth-order valence-electron chi connectivity index (χ4n) is 2.69. The van der Waals surface area contributed by atoms with Crippen molar-refractivity contribution < 1.29 is 9.90 Å². The molecule has 0 saturated heterocycles. The molecular formula is C16H14O2. The number of ketones is 1. The zero-order chi connectivity index (χ0) is 12.8. The quantitative estimate of drug-likeness (QED) is 0.828. The number of benzene rings is 2. The Morgan fingerprint density at radius 2 is 1.50 bits per heavy atom.